The van der Waals surface area contributed by atoms with Crippen molar-refractivity contribution in [2.75, 3.05) is 0 Å². The zero-order valence-corrected chi connectivity index (χ0v) is 7.90. The number of nitro groups is 1. The van der Waals surface area contributed by atoms with Crippen LogP contribution in [0.25, 0.3) is 0 Å². The number of hydrogen-bond donors (Lipinski definition) is 0. The second-order valence-electron chi connectivity index (χ2n) is 3.52. The van der Waals surface area contributed by atoms with Gasteiger partial charge in [-0.05, 0) is 31.4 Å². The van der Waals surface area contributed by atoms with Crippen molar-refractivity contribution in [1.29, 1.82) is 0 Å². The van der Waals surface area contributed by atoms with E-state index < -0.39 is 4.92 Å². The smallest absolute Gasteiger partial charge is 0.269 e. The molecule has 0 spiro atoms. The van der Waals surface area contributed by atoms with Crippen molar-refractivity contribution < 1.29 is 9.66 Å². The highest BCUT2D eigenvalue weighted by Gasteiger charge is 2.24. The lowest BCUT2D eigenvalue weighted by Crippen LogP contribution is -1.98. The van der Waals surface area contributed by atoms with Crippen molar-refractivity contribution in [2.24, 2.45) is 0 Å². The van der Waals surface area contributed by atoms with Gasteiger partial charge in [0, 0.05) is 12.1 Å². The van der Waals surface area contributed by atoms with Gasteiger partial charge in [0.05, 0.1) is 11.0 Å². The van der Waals surface area contributed by atoms with Crippen LogP contribution in [0, 0.1) is 17.0 Å². The van der Waals surface area contributed by atoms with Gasteiger partial charge in [-0.1, -0.05) is 0 Å². The Kier molecular flexibility index (Phi) is 2.11. The van der Waals surface area contributed by atoms with Crippen LogP contribution in [0.4, 0.5) is 5.69 Å². The Morgan fingerprint density at radius 1 is 1.50 bits per heavy atom. The van der Waals surface area contributed by atoms with Gasteiger partial charge in [-0.25, -0.2) is 0 Å². The number of nitro benzene ring substituents is 1. The van der Waals surface area contributed by atoms with E-state index in [9.17, 15) is 10.1 Å². The molecule has 0 bridgehead atoms. The van der Waals surface area contributed by atoms with E-state index in [4.69, 9.17) is 4.74 Å². The van der Waals surface area contributed by atoms with Crippen LogP contribution in [0.1, 0.15) is 18.4 Å². The van der Waals surface area contributed by atoms with Crippen LogP contribution >= 0.6 is 0 Å². The predicted octanol–water partition coefficient (Wildman–Crippen LogP) is 2.44. The van der Waals surface area contributed by atoms with Crippen molar-refractivity contribution in [3.05, 3.63) is 33.9 Å². The van der Waals surface area contributed by atoms with Gasteiger partial charge in [0.25, 0.3) is 5.69 Å². The molecule has 2 rings (SSSR count). The summed E-state index contributed by atoms with van der Waals surface area (Å²) in [4.78, 5) is 10.1. The van der Waals surface area contributed by atoms with Crippen molar-refractivity contribution in [1.82, 2.24) is 0 Å². The molecule has 0 atom stereocenters. The van der Waals surface area contributed by atoms with Gasteiger partial charge in [0.2, 0.25) is 0 Å². The lowest BCUT2D eigenvalue weighted by atomic mass is 10.2. The number of ether oxygens (including phenoxy) is 1. The molecule has 0 saturated heterocycles. The Morgan fingerprint density at radius 3 is 2.71 bits per heavy atom. The number of aryl methyl sites for hydroxylation is 1. The fourth-order valence-electron chi connectivity index (χ4n) is 1.24. The third kappa shape index (κ3) is 1.84. The third-order valence-corrected chi connectivity index (χ3v) is 2.19. The Balaban J connectivity index is 2.21. The molecule has 74 valence electrons. The summed E-state index contributed by atoms with van der Waals surface area (Å²) in [5.41, 5.74) is 0.941. The van der Waals surface area contributed by atoms with E-state index in [-0.39, 0.29) is 5.69 Å². The Labute approximate surface area is 81.7 Å². The van der Waals surface area contributed by atoms with E-state index in [1.807, 2.05) is 6.92 Å². The summed E-state index contributed by atoms with van der Waals surface area (Å²) in [6.45, 7) is 1.82. The molecular weight excluding hydrogens is 182 g/mol. The topological polar surface area (TPSA) is 52.4 Å². The van der Waals surface area contributed by atoms with Crippen LogP contribution in [-0.2, 0) is 0 Å². The summed E-state index contributed by atoms with van der Waals surface area (Å²) in [7, 11) is 0. The van der Waals surface area contributed by atoms with Crippen LogP contribution in [0.5, 0.6) is 5.75 Å². The number of rotatable bonds is 3. The van der Waals surface area contributed by atoms with Gasteiger partial charge >= 0.3 is 0 Å². The monoisotopic (exact) mass is 193 g/mol. The molecular formula is C10H11NO3. The van der Waals surface area contributed by atoms with Crippen LogP contribution in [0.15, 0.2) is 18.2 Å². The maximum atomic E-state index is 10.5. The minimum absolute atomic E-state index is 0.116. The van der Waals surface area contributed by atoms with E-state index >= 15 is 0 Å². The second kappa shape index (κ2) is 3.29. The summed E-state index contributed by atoms with van der Waals surface area (Å²) < 4.78 is 5.57. The van der Waals surface area contributed by atoms with Crippen molar-refractivity contribution in [3.8, 4) is 5.75 Å². The van der Waals surface area contributed by atoms with E-state index in [2.05, 4.69) is 0 Å². The van der Waals surface area contributed by atoms with Gasteiger partial charge in [0.15, 0.2) is 0 Å². The second-order valence-corrected chi connectivity index (χ2v) is 3.52. The van der Waals surface area contributed by atoms with E-state index in [1.54, 1.807) is 6.07 Å². The minimum Gasteiger partial charge on any atom is -0.490 e. The minimum atomic E-state index is -0.395. The lowest BCUT2D eigenvalue weighted by Gasteiger charge is -2.06. The molecule has 4 nitrogen and oxygen atoms in total. The van der Waals surface area contributed by atoms with Gasteiger partial charge in [0.1, 0.15) is 5.75 Å². The van der Waals surface area contributed by atoms with Crippen LogP contribution in [0.2, 0.25) is 0 Å². The molecule has 0 aromatic heterocycles. The average Bonchev–Trinajstić information content (AvgIpc) is 2.92. The molecule has 1 saturated carbocycles. The molecule has 14 heavy (non-hydrogen) atoms. The molecule has 0 unspecified atom stereocenters. The first kappa shape index (κ1) is 8.99. The predicted molar refractivity (Wildman–Crippen MR) is 51.5 cm³/mol. The molecule has 4 heteroatoms. The van der Waals surface area contributed by atoms with Crippen molar-refractivity contribution >= 4 is 5.69 Å². The molecule has 0 radical (unpaired) electrons. The molecule has 1 fully saturated rings. The number of nitrogens with zero attached hydrogens (tertiary/aromatic N) is 1. The van der Waals surface area contributed by atoms with Crippen LogP contribution < -0.4 is 4.74 Å². The quantitative estimate of drug-likeness (QED) is 0.547. The van der Waals surface area contributed by atoms with Crippen LogP contribution in [0.3, 0.4) is 0 Å². The first-order valence-corrected chi connectivity index (χ1v) is 4.58. The summed E-state index contributed by atoms with van der Waals surface area (Å²) in [5, 5.41) is 10.5. The molecule has 0 heterocycles. The molecule has 0 aliphatic heterocycles. The summed E-state index contributed by atoms with van der Waals surface area (Å²) in [5.74, 6) is 0.762. The zero-order valence-electron chi connectivity index (χ0n) is 7.90. The molecule has 0 N–H and O–H groups in total. The maximum Gasteiger partial charge on any atom is 0.269 e. The Bertz CT molecular complexity index is 372. The van der Waals surface area contributed by atoms with E-state index in [0.29, 0.717) is 6.10 Å². The molecule has 1 aliphatic carbocycles. The van der Waals surface area contributed by atoms with Crippen LogP contribution in [-0.4, -0.2) is 11.0 Å². The molecule has 1 aliphatic rings. The van der Waals surface area contributed by atoms with Crippen molar-refractivity contribution in [3.63, 3.8) is 0 Å². The number of hydrogen-bond acceptors (Lipinski definition) is 3. The van der Waals surface area contributed by atoms with Gasteiger partial charge in [-0.15, -0.1) is 0 Å². The molecule has 1 aromatic rings. The fourth-order valence-corrected chi connectivity index (χ4v) is 1.24. The normalized spacial score (nSPS) is 15.2. The first-order chi connectivity index (χ1) is 6.66. The SMILES string of the molecule is Cc1cc([N+](=O)[O-])ccc1OC1CC1. The number of benzene rings is 1. The Morgan fingerprint density at radius 2 is 2.21 bits per heavy atom. The third-order valence-electron chi connectivity index (χ3n) is 2.19. The average molecular weight is 193 g/mol. The number of non-ortho nitro benzene ring substituents is 1. The zero-order chi connectivity index (χ0) is 10.1. The van der Waals surface area contributed by atoms with E-state index in [0.717, 1.165) is 24.2 Å². The summed E-state index contributed by atoms with van der Waals surface area (Å²) in [6.07, 6.45) is 2.52. The van der Waals surface area contributed by atoms with Gasteiger partial charge in [-0.2, -0.15) is 0 Å². The summed E-state index contributed by atoms with van der Waals surface area (Å²) >= 11 is 0. The first-order valence-electron chi connectivity index (χ1n) is 4.58. The lowest BCUT2D eigenvalue weighted by molar-refractivity contribution is -0.384. The molecule has 0 amide bonds. The van der Waals surface area contributed by atoms with E-state index in [1.165, 1.54) is 12.1 Å². The standard InChI is InChI=1S/C10H11NO3/c1-7-6-8(11(12)13)2-5-10(7)14-9-3-4-9/h2,5-6,9H,3-4H2,1H3. The highest BCUT2D eigenvalue weighted by Crippen LogP contribution is 2.30. The Hall–Kier alpha value is -1.58. The van der Waals surface area contributed by atoms with Crippen molar-refractivity contribution in [2.45, 2.75) is 25.9 Å². The largest absolute Gasteiger partial charge is 0.490 e. The van der Waals surface area contributed by atoms with Gasteiger partial charge in [-0.3, -0.25) is 10.1 Å². The maximum absolute atomic E-state index is 10.5. The highest BCUT2D eigenvalue weighted by molar-refractivity contribution is 5.43. The fraction of sp³-hybridized carbons (Fsp3) is 0.400. The highest BCUT2D eigenvalue weighted by atomic mass is 16.6. The van der Waals surface area contributed by atoms with Gasteiger partial charge < -0.3 is 4.74 Å². The molecule has 1 aromatic carbocycles. The summed E-state index contributed by atoms with van der Waals surface area (Å²) in [6, 6.07) is 4.69.